The Hall–Kier alpha value is -3.54. The molecule has 3 aromatic rings. The summed E-state index contributed by atoms with van der Waals surface area (Å²) < 4.78 is 7.63. The molecule has 2 amide bonds. The van der Waals surface area contributed by atoms with Gasteiger partial charge in [-0.15, -0.1) is 0 Å². The van der Waals surface area contributed by atoms with Gasteiger partial charge >= 0.3 is 0 Å². The van der Waals surface area contributed by atoms with Gasteiger partial charge in [-0.2, -0.15) is 0 Å². The molecule has 2 aromatic carbocycles. The van der Waals surface area contributed by atoms with Crippen molar-refractivity contribution >= 4 is 28.4 Å². The van der Waals surface area contributed by atoms with Crippen LogP contribution in [0.3, 0.4) is 0 Å². The SMILES string of the molecule is COc1ccc(C2C3=C(CN(C(C)=O)C3=O)Nc3cccc4c3c2cn4CC(C)C)cc1. The zero-order valence-corrected chi connectivity index (χ0v) is 18.8. The molecule has 0 spiro atoms. The minimum Gasteiger partial charge on any atom is -0.497 e. The van der Waals surface area contributed by atoms with Crippen LogP contribution in [0.1, 0.15) is 37.8 Å². The molecular formula is C26H27N3O3. The number of nitrogens with zero attached hydrogens (tertiary/aromatic N) is 2. The Morgan fingerprint density at radius 3 is 2.59 bits per heavy atom. The zero-order valence-electron chi connectivity index (χ0n) is 18.8. The van der Waals surface area contributed by atoms with Crippen LogP contribution in [0.2, 0.25) is 0 Å². The van der Waals surface area contributed by atoms with E-state index in [1.807, 2.05) is 36.4 Å². The van der Waals surface area contributed by atoms with Crippen LogP contribution in [0.5, 0.6) is 5.75 Å². The van der Waals surface area contributed by atoms with Gasteiger partial charge in [-0.1, -0.05) is 32.0 Å². The summed E-state index contributed by atoms with van der Waals surface area (Å²) in [6.07, 6.45) is 2.18. The van der Waals surface area contributed by atoms with Crippen molar-refractivity contribution in [1.82, 2.24) is 9.47 Å². The van der Waals surface area contributed by atoms with E-state index in [2.05, 4.69) is 36.0 Å². The molecule has 0 aliphatic carbocycles. The third-order valence-corrected chi connectivity index (χ3v) is 6.33. The van der Waals surface area contributed by atoms with E-state index < -0.39 is 0 Å². The minimum atomic E-state index is -0.278. The molecule has 6 nitrogen and oxygen atoms in total. The highest BCUT2D eigenvalue weighted by atomic mass is 16.5. The van der Waals surface area contributed by atoms with Crippen molar-refractivity contribution in [2.75, 3.05) is 19.0 Å². The molecule has 0 fully saturated rings. The van der Waals surface area contributed by atoms with Crippen LogP contribution >= 0.6 is 0 Å². The fourth-order valence-corrected chi connectivity index (χ4v) is 4.96. The number of hydrogen-bond donors (Lipinski definition) is 1. The first kappa shape index (κ1) is 20.4. The molecule has 6 heteroatoms. The molecule has 5 rings (SSSR count). The van der Waals surface area contributed by atoms with Gasteiger partial charge in [-0.05, 0) is 41.3 Å². The smallest absolute Gasteiger partial charge is 0.259 e. The van der Waals surface area contributed by atoms with Gasteiger partial charge < -0.3 is 14.6 Å². The number of imide groups is 1. The van der Waals surface area contributed by atoms with Gasteiger partial charge in [0.2, 0.25) is 5.91 Å². The summed E-state index contributed by atoms with van der Waals surface area (Å²) in [5.74, 6) is 0.502. The summed E-state index contributed by atoms with van der Waals surface area (Å²) in [7, 11) is 1.64. The Morgan fingerprint density at radius 2 is 1.94 bits per heavy atom. The second kappa shape index (κ2) is 7.55. The number of carbonyl (C=O) groups excluding carboxylic acids is 2. The molecule has 0 bridgehead atoms. The summed E-state index contributed by atoms with van der Waals surface area (Å²) in [5.41, 5.74) is 5.64. The molecule has 2 aliphatic heterocycles. The van der Waals surface area contributed by atoms with Crippen LogP contribution in [0.4, 0.5) is 5.69 Å². The van der Waals surface area contributed by atoms with Gasteiger partial charge in [-0.25, -0.2) is 0 Å². The third kappa shape index (κ3) is 3.09. The maximum atomic E-state index is 13.5. The van der Waals surface area contributed by atoms with E-state index in [9.17, 15) is 9.59 Å². The van der Waals surface area contributed by atoms with E-state index in [1.165, 1.54) is 11.8 Å². The van der Waals surface area contributed by atoms with Crippen LogP contribution < -0.4 is 10.1 Å². The number of anilines is 1. The second-order valence-corrected chi connectivity index (χ2v) is 8.96. The van der Waals surface area contributed by atoms with Gasteiger partial charge in [-0.3, -0.25) is 14.5 Å². The normalized spacial score (nSPS) is 17.6. The topological polar surface area (TPSA) is 63.6 Å². The van der Waals surface area contributed by atoms with E-state index in [1.54, 1.807) is 7.11 Å². The van der Waals surface area contributed by atoms with Gasteiger partial charge in [0.25, 0.3) is 5.91 Å². The fourth-order valence-electron chi connectivity index (χ4n) is 4.96. The van der Waals surface area contributed by atoms with Crippen molar-refractivity contribution in [1.29, 1.82) is 0 Å². The monoisotopic (exact) mass is 429 g/mol. The number of methoxy groups -OCH3 is 1. The summed E-state index contributed by atoms with van der Waals surface area (Å²) in [6, 6.07) is 14.1. The van der Waals surface area contributed by atoms with Gasteiger partial charge in [0, 0.05) is 42.4 Å². The van der Waals surface area contributed by atoms with Crippen molar-refractivity contribution < 1.29 is 14.3 Å². The predicted octanol–water partition coefficient (Wildman–Crippen LogP) is 4.51. The summed E-state index contributed by atoms with van der Waals surface area (Å²) in [5, 5.41) is 4.65. The first-order valence-electron chi connectivity index (χ1n) is 11.0. The van der Waals surface area contributed by atoms with Crippen LogP contribution in [0, 0.1) is 5.92 Å². The first-order chi connectivity index (χ1) is 15.4. The Bertz CT molecular complexity index is 1270. The lowest BCUT2D eigenvalue weighted by Crippen LogP contribution is -2.33. The summed E-state index contributed by atoms with van der Waals surface area (Å²) >= 11 is 0. The molecule has 1 unspecified atom stereocenters. The average Bonchev–Trinajstić information content (AvgIpc) is 3.23. The van der Waals surface area contributed by atoms with E-state index in [-0.39, 0.29) is 24.3 Å². The van der Waals surface area contributed by atoms with E-state index in [0.29, 0.717) is 11.5 Å². The number of rotatable bonds is 4. The summed E-state index contributed by atoms with van der Waals surface area (Å²) in [4.78, 5) is 27.0. The Morgan fingerprint density at radius 1 is 1.19 bits per heavy atom. The van der Waals surface area contributed by atoms with Crippen molar-refractivity contribution in [2.45, 2.75) is 33.2 Å². The number of nitrogens with one attached hydrogen (secondary N) is 1. The van der Waals surface area contributed by atoms with E-state index in [0.717, 1.165) is 45.7 Å². The van der Waals surface area contributed by atoms with Crippen LogP contribution in [-0.2, 0) is 16.1 Å². The molecule has 0 saturated heterocycles. The highest BCUT2D eigenvalue weighted by Gasteiger charge is 2.41. The molecule has 0 saturated carbocycles. The highest BCUT2D eigenvalue weighted by molar-refractivity contribution is 6.11. The quantitative estimate of drug-likeness (QED) is 0.663. The first-order valence-corrected chi connectivity index (χ1v) is 11.0. The van der Waals surface area contributed by atoms with E-state index >= 15 is 0 Å². The Kier molecular flexibility index (Phi) is 4.81. The van der Waals surface area contributed by atoms with Crippen LogP contribution in [-0.4, -0.2) is 34.9 Å². The largest absolute Gasteiger partial charge is 0.497 e. The van der Waals surface area contributed by atoms with E-state index in [4.69, 9.17) is 4.74 Å². The molecule has 164 valence electrons. The minimum absolute atomic E-state index is 0.224. The lowest BCUT2D eigenvalue weighted by atomic mass is 9.84. The van der Waals surface area contributed by atoms with Gasteiger partial charge in [0.15, 0.2) is 0 Å². The van der Waals surface area contributed by atoms with Crippen LogP contribution in [0.15, 0.2) is 59.9 Å². The second-order valence-electron chi connectivity index (χ2n) is 8.96. The van der Waals surface area contributed by atoms with Gasteiger partial charge in [0.05, 0.1) is 24.7 Å². The van der Waals surface area contributed by atoms with Crippen molar-refractivity contribution in [3.63, 3.8) is 0 Å². The predicted molar refractivity (Wildman–Crippen MR) is 125 cm³/mol. The zero-order chi connectivity index (χ0) is 22.6. The molecule has 32 heavy (non-hydrogen) atoms. The number of amides is 2. The molecular weight excluding hydrogens is 402 g/mol. The van der Waals surface area contributed by atoms with Crippen molar-refractivity contribution in [2.24, 2.45) is 5.92 Å². The molecule has 1 atom stereocenters. The fraction of sp³-hybridized carbons (Fsp3) is 0.308. The lowest BCUT2D eigenvalue weighted by Gasteiger charge is -2.19. The third-order valence-electron chi connectivity index (χ3n) is 6.33. The van der Waals surface area contributed by atoms with Crippen LogP contribution in [0.25, 0.3) is 10.9 Å². The maximum Gasteiger partial charge on any atom is 0.259 e. The molecule has 0 radical (unpaired) electrons. The number of benzene rings is 2. The van der Waals surface area contributed by atoms with Crippen molar-refractivity contribution in [3.05, 3.63) is 71.1 Å². The standard InChI is InChI=1S/C26H27N3O3/c1-15(2)12-28-13-19-23(17-8-10-18(32-4)11-9-17)25-21(14-29(16(3)30)26(25)31)27-20-6-5-7-22(28)24(19)20/h5-11,13,15,23,27H,12,14H2,1-4H3. The lowest BCUT2D eigenvalue weighted by molar-refractivity contribution is -0.139. The number of ether oxygens (including phenoxy) is 1. The Labute approximate surface area is 187 Å². The summed E-state index contributed by atoms with van der Waals surface area (Å²) in [6.45, 7) is 6.99. The number of hydrogen-bond acceptors (Lipinski definition) is 4. The highest BCUT2D eigenvalue weighted by Crippen LogP contribution is 2.46. The number of carbonyl (C=O) groups is 2. The average molecular weight is 430 g/mol. The van der Waals surface area contributed by atoms with Gasteiger partial charge in [0.1, 0.15) is 5.75 Å². The molecule has 1 N–H and O–H groups in total. The molecule has 2 aliphatic rings. The molecule has 3 heterocycles. The number of aromatic nitrogens is 1. The maximum absolute atomic E-state index is 13.5. The van der Waals surface area contributed by atoms with Crippen molar-refractivity contribution in [3.8, 4) is 5.75 Å². The molecule has 1 aromatic heterocycles. The Balaban J connectivity index is 1.77.